The molecule has 1 atom stereocenters. The third-order valence-electron chi connectivity index (χ3n) is 4.65. The van der Waals surface area contributed by atoms with Gasteiger partial charge in [0.25, 0.3) is 0 Å². The fourth-order valence-electron chi connectivity index (χ4n) is 3.29. The number of hydrogen-bond donors (Lipinski definition) is 2. The molecule has 1 aliphatic rings. The Labute approximate surface area is 153 Å². The summed E-state index contributed by atoms with van der Waals surface area (Å²) in [7, 11) is 0. The first-order valence-electron chi connectivity index (χ1n) is 8.86. The fourth-order valence-corrected chi connectivity index (χ4v) is 3.29. The average molecular weight is 353 g/mol. The van der Waals surface area contributed by atoms with Gasteiger partial charge in [0.05, 0.1) is 12.5 Å². The molecule has 0 aromatic heterocycles. The quantitative estimate of drug-likeness (QED) is 0.802. The zero-order valence-electron chi connectivity index (χ0n) is 14.8. The van der Waals surface area contributed by atoms with Gasteiger partial charge in [-0.1, -0.05) is 30.3 Å². The van der Waals surface area contributed by atoms with E-state index in [2.05, 4.69) is 17.4 Å². The molecule has 5 heteroatoms. The molecule has 0 bridgehead atoms. The summed E-state index contributed by atoms with van der Waals surface area (Å²) in [6.45, 7) is 1.56. The Morgan fingerprint density at radius 2 is 1.85 bits per heavy atom. The third kappa shape index (κ3) is 4.63. The number of ether oxygens (including phenoxy) is 1. The van der Waals surface area contributed by atoms with Crippen molar-refractivity contribution in [1.29, 1.82) is 0 Å². The smallest absolute Gasteiger partial charge is 0.341 e. The number of carboxylic acid groups (broad SMARTS) is 1. The maximum absolute atomic E-state index is 12.3. The predicted molar refractivity (Wildman–Crippen MR) is 98.3 cm³/mol. The first kappa shape index (κ1) is 18.0. The Morgan fingerprint density at radius 1 is 1.12 bits per heavy atom. The lowest BCUT2D eigenvalue weighted by molar-refractivity contribution is -0.139. The van der Waals surface area contributed by atoms with Gasteiger partial charge in [-0.3, -0.25) is 4.79 Å². The van der Waals surface area contributed by atoms with E-state index in [9.17, 15) is 9.59 Å². The van der Waals surface area contributed by atoms with Gasteiger partial charge in [0.15, 0.2) is 6.61 Å². The Hall–Kier alpha value is -2.82. The van der Waals surface area contributed by atoms with E-state index in [1.165, 1.54) is 17.5 Å². The molecule has 1 amide bonds. The molecule has 2 N–H and O–H groups in total. The summed E-state index contributed by atoms with van der Waals surface area (Å²) in [4.78, 5) is 22.8. The first-order valence-corrected chi connectivity index (χ1v) is 8.86. The number of rotatable bonds is 7. The summed E-state index contributed by atoms with van der Waals surface area (Å²) in [6.07, 6.45) is 3.83. The van der Waals surface area contributed by atoms with Crippen molar-refractivity contribution in [2.45, 2.75) is 38.6 Å². The van der Waals surface area contributed by atoms with E-state index in [1.807, 2.05) is 25.1 Å². The highest BCUT2D eigenvalue weighted by molar-refractivity contribution is 5.79. The number of fused-ring (bicyclic) bond motifs is 1. The van der Waals surface area contributed by atoms with Crippen LogP contribution in [0, 0.1) is 0 Å². The molecule has 0 fully saturated rings. The van der Waals surface area contributed by atoms with Gasteiger partial charge in [0.1, 0.15) is 5.75 Å². The molecule has 0 radical (unpaired) electrons. The maximum atomic E-state index is 12.3. The molecule has 0 aliphatic heterocycles. The molecule has 2 aromatic rings. The summed E-state index contributed by atoms with van der Waals surface area (Å²) in [5, 5.41) is 11.6. The summed E-state index contributed by atoms with van der Waals surface area (Å²) in [5.41, 5.74) is 4.77. The zero-order chi connectivity index (χ0) is 18.5. The number of amides is 1. The van der Waals surface area contributed by atoms with Crippen molar-refractivity contribution < 1.29 is 19.4 Å². The fraction of sp³-hybridized carbons (Fsp3) is 0.333. The molecule has 0 saturated carbocycles. The molecule has 0 heterocycles. The topological polar surface area (TPSA) is 75.6 Å². The minimum Gasteiger partial charge on any atom is -0.482 e. The lowest BCUT2D eigenvalue weighted by Gasteiger charge is -2.15. The van der Waals surface area contributed by atoms with Crippen molar-refractivity contribution in [3.63, 3.8) is 0 Å². The van der Waals surface area contributed by atoms with Crippen LogP contribution in [0.1, 0.15) is 41.6 Å². The Kier molecular flexibility index (Phi) is 5.56. The number of aliphatic carboxylic acids is 1. The largest absolute Gasteiger partial charge is 0.482 e. The van der Waals surface area contributed by atoms with Crippen LogP contribution in [0.5, 0.6) is 5.75 Å². The highest BCUT2D eigenvalue weighted by Crippen LogP contribution is 2.23. The van der Waals surface area contributed by atoms with E-state index in [4.69, 9.17) is 9.84 Å². The average Bonchev–Trinajstić information content (AvgIpc) is 3.08. The number of nitrogens with one attached hydrogen (secondary N) is 1. The molecular weight excluding hydrogens is 330 g/mol. The van der Waals surface area contributed by atoms with Crippen LogP contribution >= 0.6 is 0 Å². The molecular formula is C21H23NO4. The number of carbonyl (C=O) groups excluding carboxylic acids is 1. The summed E-state index contributed by atoms with van der Waals surface area (Å²) in [5.74, 6) is -0.532. The van der Waals surface area contributed by atoms with E-state index in [-0.39, 0.29) is 18.6 Å². The van der Waals surface area contributed by atoms with Crippen LogP contribution in [0.25, 0.3) is 0 Å². The van der Waals surface area contributed by atoms with E-state index in [0.29, 0.717) is 12.2 Å². The minimum absolute atomic E-state index is 0.0124. The molecule has 1 aliphatic carbocycles. The number of carboxylic acids is 1. The monoisotopic (exact) mass is 353 g/mol. The van der Waals surface area contributed by atoms with Crippen LogP contribution < -0.4 is 10.1 Å². The zero-order valence-corrected chi connectivity index (χ0v) is 14.8. The Morgan fingerprint density at radius 3 is 2.58 bits per heavy atom. The van der Waals surface area contributed by atoms with Gasteiger partial charge in [-0.25, -0.2) is 4.79 Å². The lowest BCUT2D eigenvalue weighted by Crippen LogP contribution is -2.28. The van der Waals surface area contributed by atoms with Crippen LogP contribution in [0.15, 0.2) is 42.5 Å². The van der Waals surface area contributed by atoms with Crippen LogP contribution in [-0.4, -0.2) is 23.6 Å². The van der Waals surface area contributed by atoms with Gasteiger partial charge in [-0.2, -0.15) is 0 Å². The second-order valence-corrected chi connectivity index (χ2v) is 6.67. The molecule has 0 spiro atoms. The number of benzene rings is 2. The first-order chi connectivity index (χ1) is 12.5. The van der Waals surface area contributed by atoms with Gasteiger partial charge in [0, 0.05) is 0 Å². The molecule has 1 unspecified atom stereocenters. The predicted octanol–water partition coefficient (Wildman–Crippen LogP) is 3.06. The van der Waals surface area contributed by atoms with Crippen LogP contribution in [0.3, 0.4) is 0 Å². The molecule has 3 rings (SSSR count). The Balaban J connectivity index is 1.54. The second-order valence-electron chi connectivity index (χ2n) is 6.67. The van der Waals surface area contributed by atoms with Crippen molar-refractivity contribution >= 4 is 11.9 Å². The molecule has 136 valence electrons. The van der Waals surface area contributed by atoms with Crippen LogP contribution in [-0.2, 0) is 28.9 Å². The number of carbonyl (C=O) groups is 2. The van der Waals surface area contributed by atoms with Gasteiger partial charge >= 0.3 is 5.97 Å². The standard InChI is InChI=1S/C21H23NO4/c1-14(16-7-9-19(10-8-16)26-13-21(24)25)22-20(23)12-15-5-6-17-3-2-4-18(17)11-15/h5-11,14H,2-4,12-13H2,1H3,(H,22,23)(H,24,25). The summed E-state index contributed by atoms with van der Waals surface area (Å²) in [6, 6.07) is 13.3. The number of aryl methyl sites for hydroxylation is 2. The van der Waals surface area contributed by atoms with Crippen LogP contribution in [0.4, 0.5) is 0 Å². The van der Waals surface area contributed by atoms with E-state index in [1.54, 1.807) is 12.1 Å². The lowest BCUT2D eigenvalue weighted by atomic mass is 10.0. The molecule has 5 nitrogen and oxygen atoms in total. The van der Waals surface area contributed by atoms with Crippen LogP contribution in [0.2, 0.25) is 0 Å². The normalized spacial score (nSPS) is 13.7. The third-order valence-corrected chi connectivity index (χ3v) is 4.65. The SMILES string of the molecule is CC(NC(=O)Cc1ccc2c(c1)CCC2)c1ccc(OCC(=O)O)cc1. The van der Waals surface area contributed by atoms with Gasteiger partial charge in [-0.15, -0.1) is 0 Å². The minimum atomic E-state index is -1.01. The van der Waals surface area contributed by atoms with E-state index < -0.39 is 5.97 Å². The molecule has 26 heavy (non-hydrogen) atoms. The van der Waals surface area contributed by atoms with Crippen molar-refractivity contribution in [3.05, 3.63) is 64.7 Å². The van der Waals surface area contributed by atoms with E-state index >= 15 is 0 Å². The van der Waals surface area contributed by atoms with Gasteiger partial charge < -0.3 is 15.2 Å². The summed E-state index contributed by atoms with van der Waals surface area (Å²) >= 11 is 0. The highest BCUT2D eigenvalue weighted by Gasteiger charge is 2.14. The van der Waals surface area contributed by atoms with Gasteiger partial charge in [0.2, 0.25) is 5.91 Å². The second kappa shape index (κ2) is 8.04. The summed E-state index contributed by atoms with van der Waals surface area (Å²) < 4.78 is 5.11. The van der Waals surface area contributed by atoms with E-state index in [0.717, 1.165) is 24.0 Å². The van der Waals surface area contributed by atoms with Gasteiger partial charge in [-0.05, 0) is 60.6 Å². The highest BCUT2D eigenvalue weighted by atomic mass is 16.5. The molecule has 0 saturated heterocycles. The molecule has 2 aromatic carbocycles. The maximum Gasteiger partial charge on any atom is 0.341 e. The van der Waals surface area contributed by atoms with Crippen molar-refractivity contribution in [1.82, 2.24) is 5.32 Å². The van der Waals surface area contributed by atoms with Crippen molar-refractivity contribution in [2.24, 2.45) is 0 Å². The number of hydrogen-bond acceptors (Lipinski definition) is 3. The van der Waals surface area contributed by atoms with Crippen molar-refractivity contribution in [2.75, 3.05) is 6.61 Å². The van der Waals surface area contributed by atoms with Crippen molar-refractivity contribution in [3.8, 4) is 5.75 Å². The Bertz CT molecular complexity index is 798.